The number of benzene rings is 2. The van der Waals surface area contributed by atoms with Gasteiger partial charge < -0.3 is 4.74 Å². The van der Waals surface area contributed by atoms with E-state index >= 15 is 0 Å². The molecule has 2 aromatic rings. The van der Waals surface area contributed by atoms with Crippen molar-refractivity contribution in [3.63, 3.8) is 0 Å². The van der Waals surface area contributed by atoms with Gasteiger partial charge in [-0.1, -0.05) is 32.9 Å². The minimum atomic E-state index is -0.224. The van der Waals surface area contributed by atoms with Crippen molar-refractivity contribution >= 4 is 12.1 Å². The van der Waals surface area contributed by atoms with Crippen LogP contribution in [0.4, 0.5) is 0 Å². The van der Waals surface area contributed by atoms with E-state index in [2.05, 4.69) is 31.3 Å². The van der Waals surface area contributed by atoms with Gasteiger partial charge in [0.1, 0.15) is 5.75 Å². The van der Waals surface area contributed by atoms with E-state index in [4.69, 9.17) is 4.74 Å². The van der Waals surface area contributed by atoms with E-state index in [-0.39, 0.29) is 11.3 Å². The predicted octanol–water partition coefficient (Wildman–Crippen LogP) is 4.15. The number of nitrogens with zero attached hydrogens (tertiary/aromatic N) is 1. The molecule has 0 fully saturated rings. The van der Waals surface area contributed by atoms with Crippen LogP contribution in [0.2, 0.25) is 0 Å². The van der Waals surface area contributed by atoms with Crippen LogP contribution in [0.1, 0.15) is 49.2 Å². The fourth-order valence-corrected chi connectivity index (χ4v) is 2.17. The first-order valence-corrected chi connectivity index (χ1v) is 8.07. The van der Waals surface area contributed by atoms with E-state index in [0.717, 1.165) is 11.3 Å². The van der Waals surface area contributed by atoms with Gasteiger partial charge in [-0.05, 0) is 59.9 Å². The Morgan fingerprint density at radius 3 is 2.25 bits per heavy atom. The average molecular weight is 324 g/mol. The van der Waals surface area contributed by atoms with Gasteiger partial charge in [-0.3, -0.25) is 4.79 Å². The molecule has 0 aliphatic rings. The maximum atomic E-state index is 12.1. The third-order valence-electron chi connectivity index (χ3n) is 3.58. The molecule has 2 aromatic carbocycles. The SMILES string of the molecule is CCOc1ccc(/C=N\NC(=O)c2ccc(C(C)(C)C)cc2)cc1. The van der Waals surface area contributed by atoms with Gasteiger partial charge in [0.2, 0.25) is 0 Å². The number of ether oxygens (including phenoxy) is 1. The number of carbonyl (C=O) groups is 1. The maximum Gasteiger partial charge on any atom is 0.271 e. The molecule has 2 rings (SSSR count). The number of nitrogens with one attached hydrogen (secondary N) is 1. The summed E-state index contributed by atoms with van der Waals surface area (Å²) in [6.45, 7) is 9.01. The summed E-state index contributed by atoms with van der Waals surface area (Å²) in [6.07, 6.45) is 1.61. The molecule has 0 aliphatic carbocycles. The molecule has 0 radical (unpaired) electrons. The molecule has 4 nitrogen and oxygen atoms in total. The topological polar surface area (TPSA) is 50.7 Å². The van der Waals surface area contributed by atoms with E-state index in [0.29, 0.717) is 12.2 Å². The van der Waals surface area contributed by atoms with Crippen LogP contribution in [0.25, 0.3) is 0 Å². The largest absolute Gasteiger partial charge is 0.494 e. The van der Waals surface area contributed by atoms with Crippen LogP contribution in [0, 0.1) is 0 Å². The zero-order valence-electron chi connectivity index (χ0n) is 14.7. The van der Waals surface area contributed by atoms with Crippen LogP contribution < -0.4 is 10.2 Å². The molecule has 0 aromatic heterocycles. The molecule has 4 heteroatoms. The van der Waals surface area contributed by atoms with Crippen molar-refractivity contribution in [2.45, 2.75) is 33.1 Å². The van der Waals surface area contributed by atoms with E-state index in [1.165, 1.54) is 5.56 Å². The fourth-order valence-electron chi connectivity index (χ4n) is 2.17. The lowest BCUT2D eigenvalue weighted by Gasteiger charge is -2.18. The summed E-state index contributed by atoms with van der Waals surface area (Å²) in [5.41, 5.74) is 5.29. The molecular weight excluding hydrogens is 300 g/mol. The van der Waals surface area contributed by atoms with Crippen molar-refractivity contribution in [1.29, 1.82) is 0 Å². The van der Waals surface area contributed by atoms with E-state index in [1.54, 1.807) is 6.21 Å². The van der Waals surface area contributed by atoms with Crippen molar-refractivity contribution in [2.75, 3.05) is 6.61 Å². The smallest absolute Gasteiger partial charge is 0.271 e. The van der Waals surface area contributed by atoms with Gasteiger partial charge in [-0.25, -0.2) is 5.43 Å². The van der Waals surface area contributed by atoms with E-state index < -0.39 is 0 Å². The molecule has 0 spiro atoms. The molecular formula is C20H24N2O2. The van der Waals surface area contributed by atoms with Crippen LogP contribution in [0.15, 0.2) is 53.6 Å². The maximum absolute atomic E-state index is 12.1. The second-order valence-corrected chi connectivity index (χ2v) is 6.53. The van der Waals surface area contributed by atoms with Gasteiger partial charge >= 0.3 is 0 Å². The lowest BCUT2D eigenvalue weighted by atomic mass is 9.87. The van der Waals surface area contributed by atoms with E-state index in [1.807, 2.05) is 55.5 Å². The Hall–Kier alpha value is -2.62. The van der Waals surface area contributed by atoms with Crippen molar-refractivity contribution in [1.82, 2.24) is 5.43 Å². The Labute approximate surface area is 143 Å². The quantitative estimate of drug-likeness (QED) is 0.663. The zero-order chi connectivity index (χ0) is 17.6. The summed E-state index contributed by atoms with van der Waals surface area (Å²) >= 11 is 0. The third kappa shape index (κ3) is 4.95. The molecule has 0 heterocycles. The summed E-state index contributed by atoms with van der Waals surface area (Å²) < 4.78 is 5.38. The lowest BCUT2D eigenvalue weighted by molar-refractivity contribution is 0.0955. The van der Waals surface area contributed by atoms with Crippen LogP contribution >= 0.6 is 0 Å². The van der Waals surface area contributed by atoms with Crippen LogP contribution in [-0.2, 0) is 5.41 Å². The number of hydrogen-bond acceptors (Lipinski definition) is 3. The molecule has 1 N–H and O–H groups in total. The highest BCUT2D eigenvalue weighted by Crippen LogP contribution is 2.22. The summed E-state index contributed by atoms with van der Waals surface area (Å²) in [4.78, 5) is 12.1. The zero-order valence-corrected chi connectivity index (χ0v) is 14.7. The molecule has 0 saturated carbocycles. The fraction of sp³-hybridized carbons (Fsp3) is 0.300. The van der Waals surface area contributed by atoms with Gasteiger partial charge in [0.15, 0.2) is 0 Å². The standard InChI is InChI=1S/C20H24N2O2/c1-5-24-18-12-6-15(7-13-18)14-21-22-19(23)16-8-10-17(11-9-16)20(2,3)4/h6-14H,5H2,1-4H3,(H,22,23)/b21-14-. The molecule has 1 amide bonds. The van der Waals surface area contributed by atoms with Crippen molar-refractivity contribution in [3.8, 4) is 5.75 Å². The van der Waals surface area contributed by atoms with Gasteiger partial charge in [-0.15, -0.1) is 0 Å². The Bertz CT molecular complexity index is 696. The average Bonchev–Trinajstić information content (AvgIpc) is 2.56. The van der Waals surface area contributed by atoms with Gasteiger partial charge in [0, 0.05) is 5.56 Å². The molecule has 0 aliphatic heterocycles. The highest BCUT2D eigenvalue weighted by Gasteiger charge is 2.14. The molecule has 0 atom stereocenters. The minimum Gasteiger partial charge on any atom is -0.494 e. The van der Waals surface area contributed by atoms with Crippen molar-refractivity contribution in [3.05, 3.63) is 65.2 Å². The minimum absolute atomic E-state index is 0.0702. The van der Waals surface area contributed by atoms with Crippen molar-refractivity contribution in [2.24, 2.45) is 5.10 Å². The Morgan fingerprint density at radius 1 is 1.08 bits per heavy atom. The number of hydrogen-bond donors (Lipinski definition) is 1. The summed E-state index contributed by atoms with van der Waals surface area (Å²) in [5.74, 6) is 0.593. The van der Waals surface area contributed by atoms with Crippen LogP contribution in [0.3, 0.4) is 0 Å². The Morgan fingerprint density at radius 2 is 1.71 bits per heavy atom. The van der Waals surface area contributed by atoms with Crippen molar-refractivity contribution < 1.29 is 9.53 Å². The summed E-state index contributed by atoms with van der Waals surface area (Å²) in [7, 11) is 0. The monoisotopic (exact) mass is 324 g/mol. The van der Waals surface area contributed by atoms with E-state index in [9.17, 15) is 4.79 Å². The Kier molecular flexibility index (Phi) is 5.74. The third-order valence-corrected chi connectivity index (χ3v) is 3.58. The number of amides is 1. The molecule has 24 heavy (non-hydrogen) atoms. The van der Waals surface area contributed by atoms with Gasteiger partial charge in [-0.2, -0.15) is 5.10 Å². The summed E-state index contributed by atoms with van der Waals surface area (Å²) in [5, 5.41) is 4.00. The Balaban J connectivity index is 1.94. The van der Waals surface area contributed by atoms with Gasteiger partial charge in [0.25, 0.3) is 5.91 Å². The molecule has 126 valence electrons. The van der Waals surface area contributed by atoms with Gasteiger partial charge in [0.05, 0.1) is 12.8 Å². The lowest BCUT2D eigenvalue weighted by Crippen LogP contribution is -2.18. The van der Waals surface area contributed by atoms with Crippen LogP contribution in [0.5, 0.6) is 5.75 Å². The summed E-state index contributed by atoms with van der Waals surface area (Å²) in [6, 6.07) is 15.1. The second kappa shape index (κ2) is 7.77. The first-order valence-electron chi connectivity index (χ1n) is 8.07. The highest BCUT2D eigenvalue weighted by molar-refractivity contribution is 5.94. The number of carbonyl (C=O) groups excluding carboxylic acids is 1. The molecule has 0 unspecified atom stereocenters. The molecule has 0 saturated heterocycles. The first kappa shape index (κ1) is 17.7. The normalized spacial score (nSPS) is 11.5. The highest BCUT2D eigenvalue weighted by atomic mass is 16.5. The van der Waals surface area contributed by atoms with Crippen LogP contribution in [-0.4, -0.2) is 18.7 Å². The predicted molar refractivity (Wildman–Crippen MR) is 97.8 cm³/mol. The number of hydrazone groups is 1. The second-order valence-electron chi connectivity index (χ2n) is 6.53. The molecule has 0 bridgehead atoms. The number of rotatable bonds is 5. The first-order chi connectivity index (χ1) is 11.4.